The lowest BCUT2D eigenvalue weighted by Gasteiger charge is -2.30. The zero-order valence-electron chi connectivity index (χ0n) is 25.2. The predicted molar refractivity (Wildman–Crippen MR) is 171 cm³/mol. The molecule has 6 rings (SSSR count). The van der Waals surface area contributed by atoms with E-state index in [1.54, 1.807) is 18.3 Å². The highest BCUT2D eigenvalue weighted by molar-refractivity contribution is 7.92. The number of fused-ring (bicyclic) bond motifs is 1. The smallest absolute Gasteiger partial charge is 0.232 e. The maximum Gasteiger partial charge on any atom is 0.232 e. The first kappa shape index (κ1) is 32.1. The minimum Gasteiger partial charge on any atom is -0.755 e. The standard InChI is InChI=1S/C32H35F2N5O5S2/c1-2-46(42,43)38-26-18-23(29(19-27(26)39-16-8-15-35-39)44-28-14-13-21(33)17-24(28)34)30-22-11-6-7-12-25(22)36-31(32(30)37-45(40)41)20-9-4-3-5-10-20/h8,13-20,37-38H,2-7,9-12H2,1H3,(H,40,41)/p-1. The zero-order valence-corrected chi connectivity index (χ0v) is 26.9. The van der Waals surface area contributed by atoms with Crippen LogP contribution in [0.15, 0.2) is 48.8 Å². The van der Waals surface area contributed by atoms with Crippen molar-refractivity contribution in [3.63, 3.8) is 0 Å². The summed E-state index contributed by atoms with van der Waals surface area (Å²) in [5.41, 5.74) is 3.82. The summed E-state index contributed by atoms with van der Waals surface area (Å²) < 4.78 is 92.4. The predicted octanol–water partition coefficient (Wildman–Crippen LogP) is 6.90. The van der Waals surface area contributed by atoms with Crippen molar-refractivity contribution in [2.75, 3.05) is 15.2 Å². The van der Waals surface area contributed by atoms with Crippen LogP contribution in [-0.4, -0.2) is 37.7 Å². The van der Waals surface area contributed by atoms with Gasteiger partial charge in [-0.15, -0.1) is 0 Å². The minimum absolute atomic E-state index is 0.00565. The lowest BCUT2D eigenvalue weighted by molar-refractivity contribution is 0.435. The van der Waals surface area contributed by atoms with Gasteiger partial charge in [0.15, 0.2) is 11.6 Å². The maximum atomic E-state index is 15.0. The van der Waals surface area contributed by atoms with Gasteiger partial charge in [0.2, 0.25) is 10.0 Å². The molecular formula is C32H34F2N5O5S2-. The lowest BCUT2D eigenvalue weighted by Crippen LogP contribution is -2.19. The highest BCUT2D eigenvalue weighted by atomic mass is 32.2. The van der Waals surface area contributed by atoms with E-state index in [2.05, 4.69) is 14.5 Å². The van der Waals surface area contributed by atoms with Crippen LogP contribution in [0.25, 0.3) is 16.8 Å². The van der Waals surface area contributed by atoms with Gasteiger partial charge in [0.1, 0.15) is 11.6 Å². The first-order valence-electron chi connectivity index (χ1n) is 15.4. The molecular weight excluding hydrogens is 637 g/mol. The van der Waals surface area contributed by atoms with Crippen molar-refractivity contribution in [2.45, 2.75) is 70.6 Å². The number of hydrogen-bond acceptors (Lipinski definition) is 7. The topological polar surface area (TPSA) is 138 Å². The van der Waals surface area contributed by atoms with Gasteiger partial charge in [-0.1, -0.05) is 19.3 Å². The highest BCUT2D eigenvalue weighted by Crippen LogP contribution is 2.49. The van der Waals surface area contributed by atoms with E-state index in [0.29, 0.717) is 41.4 Å². The summed E-state index contributed by atoms with van der Waals surface area (Å²) >= 11 is -2.73. The normalized spacial score (nSPS) is 16.1. The number of sulfonamides is 1. The molecule has 1 unspecified atom stereocenters. The summed E-state index contributed by atoms with van der Waals surface area (Å²) in [6.07, 6.45) is 10.9. The number of benzene rings is 2. The molecule has 1 fully saturated rings. The summed E-state index contributed by atoms with van der Waals surface area (Å²) in [6, 6.07) is 7.68. The van der Waals surface area contributed by atoms with Crippen LogP contribution in [0.4, 0.5) is 20.2 Å². The van der Waals surface area contributed by atoms with Crippen molar-refractivity contribution in [1.29, 1.82) is 0 Å². The molecule has 0 aliphatic heterocycles. The maximum absolute atomic E-state index is 15.0. The average Bonchev–Trinajstić information content (AvgIpc) is 3.58. The fourth-order valence-electron chi connectivity index (χ4n) is 6.37. The molecule has 0 radical (unpaired) electrons. The van der Waals surface area contributed by atoms with Crippen molar-refractivity contribution in [2.24, 2.45) is 0 Å². The summed E-state index contributed by atoms with van der Waals surface area (Å²) in [5.74, 6) is -2.11. The Morgan fingerprint density at radius 3 is 2.54 bits per heavy atom. The van der Waals surface area contributed by atoms with Gasteiger partial charge in [-0.25, -0.2) is 21.9 Å². The molecule has 0 amide bonds. The fraction of sp³-hybridized carbons (Fsp3) is 0.375. The second-order valence-corrected chi connectivity index (χ2v) is 14.2. The minimum atomic E-state index is -3.80. The van der Waals surface area contributed by atoms with Gasteiger partial charge in [0.25, 0.3) is 0 Å². The van der Waals surface area contributed by atoms with Gasteiger partial charge in [-0.05, 0) is 75.3 Å². The van der Waals surface area contributed by atoms with E-state index in [4.69, 9.17) is 9.72 Å². The number of anilines is 2. The molecule has 0 saturated heterocycles. The number of halogens is 2. The molecule has 2 aliphatic carbocycles. The molecule has 14 heteroatoms. The monoisotopic (exact) mass is 670 g/mol. The Hall–Kier alpha value is -3.88. The van der Waals surface area contributed by atoms with Crippen LogP contribution in [0.5, 0.6) is 11.5 Å². The Morgan fingerprint density at radius 1 is 1.07 bits per heavy atom. The molecule has 2 aromatic carbocycles. The highest BCUT2D eigenvalue weighted by Gasteiger charge is 2.31. The number of aryl methyl sites for hydroxylation is 1. The molecule has 2 heterocycles. The molecule has 0 bridgehead atoms. The van der Waals surface area contributed by atoms with E-state index in [-0.39, 0.29) is 34.5 Å². The van der Waals surface area contributed by atoms with Gasteiger partial charge in [-0.2, -0.15) is 5.10 Å². The third kappa shape index (κ3) is 6.79. The first-order valence-corrected chi connectivity index (χ1v) is 18.1. The van der Waals surface area contributed by atoms with Crippen molar-refractivity contribution in [3.05, 3.63) is 77.4 Å². The van der Waals surface area contributed by atoms with Crippen molar-refractivity contribution >= 4 is 32.7 Å². The molecule has 10 nitrogen and oxygen atoms in total. The van der Waals surface area contributed by atoms with Gasteiger partial charge < -0.3 is 14.0 Å². The third-order valence-electron chi connectivity index (χ3n) is 8.56. The molecule has 2 aromatic heterocycles. The molecule has 2 N–H and O–H groups in total. The second kappa shape index (κ2) is 13.5. The molecule has 46 heavy (non-hydrogen) atoms. The third-order valence-corrected chi connectivity index (χ3v) is 10.2. The SMILES string of the molecule is CCS(=O)(=O)Nc1cc(-c2c3c(nc(C4CCCCC4)c2NS(=O)[O-])CCCC3)c(Oc2ccc(F)cc2F)cc1-n1cccn1. The number of ether oxygens (including phenoxy) is 1. The summed E-state index contributed by atoms with van der Waals surface area (Å²) in [4.78, 5) is 5.06. The van der Waals surface area contributed by atoms with Crippen LogP contribution in [-0.2, 0) is 34.1 Å². The quantitative estimate of drug-likeness (QED) is 0.175. The van der Waals surface area contributed by atoms with E-state index in [9.17, 15) is 21.6 Å². The molecule has 0 spiro atoms. The Morgan fingerprint density at radius 2 is 1.85 bits per heavy atom. The number of nitrogens with zero attached hydrogens (tertiary/aromatic N) is 3. The van der Waals surface area contributed by atoms with Crippen LogP contribution in [0.1, 0.15) is 74.7 Å². The second-order valence-electron chi connectivity index (χ2n) is 11.5. The van der Waals surface area contributed by atoms with Gasteiger partial charge in [0, 0.05) is 58.5 Å². The summed E-state index contributed by atoms with van der Waals surface area (Å²) in [7, 11) is -3.80. The van der Waals surface area contributed by atoms with Crippen molar-refractivity contribution in [1.82, 2.24) is 14.8 Å². The fourth-order valence-corrected chi connectivity index (χ4v) is 7.38. The Balaban J connectivity index is 1.69. The van der Waals surface area contributed by atoms with Crippen molar-refractivity contribution in [3.8, 4) is 28.3 Å². The van der Waals surface area contributed by atoms with Crippen molar-refractivity contribution < 1.29 is 30.7 Å². The zero-order chi connectivity index (χ0) is 32.4. The molecule has 1 saturated carbocycles. The Kier molecular flexibility index (Phi) is 9.39. The van der Waals surface area contributed by atoms with E-state index < -0.39 is 32.9 Å². The van der Waals surface area contributed by atoms with E-state index in [0.717, 1.165) is 68.3 Å². The largest absolute Gasteiger partial charge is 0.755 e. The Labute approximate surface area is 269 Å². The van der Waals surface area contributed by atoms with E-state index in [1.165, 1.54) is 23.9 Å². The average molecular weight is 671 g/mol. The number of hydrogen-bond donors (Lipinski definition) is 2. The molecule has 1 atom stereocenters. The van der Waals surface area contributed by atoms with Crippen LogP contribution in [0.3, 0.4) is 0 Å². The number of pyridine rings is 1. The van der Waals surface area contributed by atoms with Gasteiger partial charge in [0.05, 0.1) is 28.5 Å². The summed E-state index contributed by atoms with van der Waals surface area (Å²) in [6.45, 7) is 1.51. The number of aromatic nitrogens is 3. The van der Waals surface area contributed by atoms with Crippen LogP contribution in [0, 0.1) is 11.6 Å². The van der Waals surface area contributed by atoms with E-state index in [1.807, 2.05) is 0 Å². The molecule has 244 valence electrons. The van der Waals surface area contributed by atoms with E-state index >= 15 is 4.39 Å². The number of nitrogens with one attached hydrogen (secondary N) is 2. The lowest BCUT2D eigenvalue weighted by atomic mass is 9.81. The summed E-state index contributed by atoms with van der Waals surface area (Å²) in [5, 5.41) is 4.28. The van der Waals surface area contributed by atoms with Crippen LogP contribution in [0.2, 0.25) is 0 Å². The number of rotatable bonds is 10. The van der Waals surface area contributed by atoms with Gasteiger partial charge >= 0.3 is 0 Å². The van der Waals surface area contributed by atoms with Crippen LogP contribution >= 0.6 is 0 Å². The first-order chi connectivity index (χ1) is 22.1. The Bertz CT molecular complexity index is 1880. The van der Waals surface area contributed by atoms with Gasteiger partial charge in [-0.3, -0.25) is 13.9 Å². The van der Waals surface area contributed by atoms with Crippen LogP contribution < -0.4 is 14.2 Å². The molecule has 2 aliphatic rings. The molecule has 4 aromatic rings.